The maximum absolute atomic E-state index is 5.53. The second-order valence-corrected chi connectivity index (χ2v) is 4.87. The van der Waals surface area contributed by atoms with E-state index in [0.717, 1.165) is 11.9 Å². The Kier molecular flexibility index (Phi) is 6.29. The van der Waals surface area contributed by atoms with Gasteiger partial charge in [0.15, 0.2) is 0 Å². The lowest BCUT2D eigenvalue weighted by Gasteiger charge is -2.35. The van der Waals surface area contributed by atoms with Gasteiger partial charge in [-0.1, -0.05) is 6.92 Å². The largest absolute Gasteiger partial charge is 0.383 e. The zero-order chi connectivity index (χ0) is 12.7. The molecular weight excluding hydrogens is 216 g/mol. The molecule has 0 aliphatic heterocycles. The molecule has 1 rings (SSSR count). The number of hydrogen-bond acceptors (Lipinski definition) is 3. The Bertz CT molecular complexity index is 237. The quantitative estimate of drug-likeness (QED) is 0.253. The Morgan fingerprint density at radius 3 is 2.59 bits per heavy atom. The summed E-state index contributed by atoms with van der Waals surface area (Å²) in [5.41, 5.74) is 2.69. The number of methoxy groups -OCH3 is 1. The Labute approximate surface area is 104 Å². The van der Waals surface area contributed by atoms with Crippen molar-refractivity contribution in [3.05, 3.63) is 0 Å². The van der Waals surface area contributed by atoms with Gasteiger partial charge in [-0.05, 0) is 31.6 Å². The van der Waals surface area contributed by atoms with E-state index in [1.807, 2.05) is 0 Å². The van der Waals surface area contributed by atoms with Gasteiger partial charge in [0.25, 0.3) is 0 Å². The maximum Gasteiger partial charge on any atom is 0.208 e. The maximum atomic E-state index is 5.53. The van der Waals surface area contributed by atoms with Gasteiger partial charge in [0, 0.05) is 20.2 Å². The predicted molar refractivity (Wildman–Crippen MR) is 70.7 cm³/mol. The summed E-state index contributed by atoms with van der Waals surface area (Å²) in [6.07, 6.45) is 5.04. The lowest BCUT2D eigenvalue weighted by molar-refractivity contribution is 0.206. The number of hydrazine groups is 1. The molecule has 0 aromatic rings. The summed E-state index contributed by atoms with van der Waals surface area (Å²) in [5, 5.41) is 0. The number of rotatable bonds is 4. The molecule has 5 heteroatoms. The van der Waals surface area contributed by atoms with E-state index in [9.17, 15) is 0 Å². The average Bonchev–Trinajstić information content (AvgIpc) is 2.35. The third-order valence-electron chi connectivity index (χ3n) is 3.55. The summed E-state index contributed by atoms with van der Waals surface area (Å²) in [5.74, 6) is 7.15. The van der Waals surface area contributed by atoms with Crippen LogP contribution >= 0.6 is 0 Å². The summed E-state index contributed by atoms with van der Waals surface area (Å²) >= 11 is 0. The molecule has 0 saturated heterocycles. The lowest BCUT2D eigenvalue weighted by Crippen LogP contribution is -2.48. The van der Waals surface area contributed by atoms with Crippen molar-refractivity contribution in [2.45, 2.75) is 38.6 Å². The van der Waals surface area contributed by atoms with Gasteiger partial charge >= 0.3 is 0 Å². The highest BCUT2D eigenvalue weighted by Crippen LogP contribution is 2.26. The Morgan fingerprint density at radius 1 is 1.41 bits per heavy atom. The van der Waals surface area contributed by atoms with Crippen LogP contribution in [0.2, 0.25) is 0 Å². The number of aliphatic imine (C=N–C) groups is 1. The zero-order valence-corrected chi connectivity index (χ0v) is 11.3. The van der Waals surface area contributed by atoms with Crippen LogP contribution in [-0.4, -0.2) is 44.2 Å². The van der Waals surface area contributed by atoms with Gasteiger partial charge in [-0.3, -0.25) is 5.43 Å². The second-order valence-electron chi connectivity index (χ2n) is 4.87. The molecule has 17 heavy (non-hydrogen) atoms. The van der Waals surface area contributed by atoms with Crippen LogP contribution in [0.25, 0.3) is 0 Å². The van der Waals surface area contributed by atoms with E-state index in [-0.39, 0.29) is 0 Å². The summed E-state index contributed by atoms with van der Waals surface area (Å²) in [6, 6.07) is 0.559. The topological polar surface area (TPSA) is 62.9 Å². The van der Waals surface area contributed by atoms with Crippen molar-refractivity contribution in [2.75, 3.05) is 27.3 Å². The monoisotopic (exact) mass is 242 g/mol. The van der Waals surface area contributed by atoms with Gasteiger partial charge in [-0.15, -0.1) is 0 Å². The van der Waals surface area contributed by atoms with E-state index in [0.29, 0.717) is 19.2 Å². The van der Waals surface area contributed by atoms with E-state index in [2.05, 4.69) is 29.3 Å². The molecule has 0 atom stereocenters. The van der Waals surface area contributed by atoms with Crippen LogP contribution in [0.1, 0.15) is 32.6 Å². The fourth-order valence-electron chi connectivity index (χ4n) is 2.30. The van der Waals surface area contributed by atoms with E-state index < -0.39 is 0 Å². The molecule has 0 radical (unpaired) electrons. The molecule has 0 heterocycles. The summed E-state index contributed by atoms with van der Waals surface area (Å²) in [4.78, 5) is 6.58. The van der Waals surface area contributed by atoms with Crippen LogP contribution in [0.3, 0.4) is 0 Å². The van der Waals surface area contributed by atoms with Crippen LogP contribution in [0.4, 0.5) is 0 Å². The zero-order valence-electron chi connectivity index (χ0n) is 11.3. The standard InChI is InChI=1S/C12H26N4O/c1-10-4-6-11(7-5-10)16(2)12(15-13)14-8-9-17-3/h10-11H,4-9,13H2,1-3H3,(H,14,15). The highest BCUT2D eigenvalue weighted by Gasteiger charge is 2.23. The van der Waals surface area contributed by atoms with Gasteiger partial charge in [-0.2, -0.15) is 0 Å². The molecule has 1 fully saturated rings. The molecule has 1 saturated carbocycles. The van der Waals surface area contributed by atoms with Crippen molar-refractivity contribution in [1.82, 2.24) is 10.3 Å². The lowest BCUT2D eigenvalue weighted by atomic mass is 9.87. The first-order valence-electron chi connectivity index (χ1n) is 6.41. The number of nitrogens with one attached hydrogen (secondary N) is 1. The van der Waals surface area contributed by atoms with E-state index in [1.54, 1.807) is 7.11 Å². The molecular formula is C12H26N4O. The van der Waals surface area contributed by atoms with Gasteiger partial charge in [0.05, 0.1) is 13.2 Å². The van der Waals surface area contributed by atoms with Crippen LogP contribution in [0.15, 0.2) is 4.99 Å². The highest BCUT2D eigenvalue weighted by atomic mass is 16.5. The highest BCUT2D eigenvalue weighted by molar-refractivity contribution is 5.79. The molecule has 0 aromatic heterocycles. The molecule has 0 bridgehead atoms. The molecule has 0 spiro atoms. The number of nitrogens with zero attached hydrogens (tertiary/aromatic N) is 2. The number of nitrogens with two attached hydrogens (primary N) is 1. The van der Waals surface area contributed by atoms with Gasteiger partial charge in [0.1, 0.15) is 0 Å². The van der Waals surface area contributed by atoms with Gasteiger partial charge < -0.3 is 9.64 Å². The molecule has 0 amide bonds. The molecule has 3 N–H and O–H groups in total. The average molecular weight is 242 g/mol. The van der Waals surface area contributed by atoms with Crippen LogP contribution in [0.5, 0.6) is 0 Å². The fraction of sp³-hybridized carbons (Fsp3) is 0.917. The van der Waals surface area contributed by atoms with Gasteiger partial charge in [-0.25, -0.2) is 10.8 Å². The Hall–Kier alpha value is -0.810. The van der Waals surface area contributed by atoms with Crippen molar-refractivity contribution >= 4 is 5.96 Å². The predicted octanol–water partition coefficient (Wildman–Crippen LogP) is 0.963. The normalized spacial score (nSPS) is 25.8. The van der Waals surface area contributed by atoms with E-state index in [4.69, 9.17) is 10.6 Å². The second kappa shape index (κ2) is 7.50. The molecule has 1 aliphatic rings. The van der Waals surface area contributed by atoms with Crippen LogP contribution in [-0.2, 0) is 4.74 Å². The van der Waals surface area contributed by atoms with Crippen LogP contribution in [0, 0.1) is 5.92 Å². The first-order chi connectivity index (χ1) is 8.19. The molecule has 0 unspecified atom stereocenters. The smallest absolute Gasteiger partial charge is 0.208 e. The Morgan fingerprint density at radius 2 is 2.06 bits per heavy atom. The third-order valence-corrected chi connectivity index (χ3v) is 3.55. The number of guanidine groups is 1. The van der Waals surface area contributed by atoms with Crippen molar-refractivity contribution < 1.29 is 4.74 Å². The van der Waals surface area contributed by atoms with Crippen LogP contribution < -0.4 is 11.3 Å². The summed E-state index contributed by atoms with van der Waals surface area (Å²) in [7, 11) is 3.74. The minimum atomic E-state index is 0.559. The SMILES string of the molecule is COCCN=C(NN)N(C)C1CCC(C)CC1. The van der Waals surface area contributed by atoms with Crippen molar-refractivity contribution in [3.8, 4) is 0 Å². The third kappa shape index (κ3) is 4.52. The fourth-order valence-corrected chi connectivity index (χ4v) is 2.30. The minimum absolute atomic E-state index is 0.559. The van der Waals surface area contributed by atoms with Crippen molar-refractivity contribution in [2.24, 2.45) is 16.8 Å². The summed E-state index contributed by atoms with van der Waals surface area (Å²) in [6.45, 7) is 3.59. The number of ether oxygens (including phenoxy) is 1. The minimum Gasteiger partial charge on any atom is -0.383 e. The molecule has 1 aliphatic carbocycles. The molecule has 5 nitrogen and oxygen atoms in total. The first-order valence-corrected chi connectivity index (χ1v) is 6.41. The van der Waals surface area contributed by atoms with Gasteiger partial charge in [0.2, 0.25) is 5.96 Å². The molecule has 0 aromatic carbocycles. The first kappa shape index (κ1) is 14.3. The van der Waals surface area contributed by atoms with Crippen molar-refractivity contribution in [3.63, 3.8) is 0 Å². The van der Waals surface area contributed by atoms with Crippen molar-refractivity contribution in [1.29, 1.82) is 0 Å². The molecule has 100 valence electrons. The summed E-state index contributed by atoms with van der Waals surface area (Å²) < 4.78 is 4.98. The number of hydrogen-bond donors (Lipinski definition) is 2. The Balaban J connectivity index is 2.47. The van der Waals surface area contributed by atoms with E-state index in [1.165, 1.54) is 25.7 Å². The van der Waals surface area contributed by atoms with E-state index >= 15 is 0 Å².